The Balaban J connectivity index is 1.26. The summed E-state index contributed by atoms with van der Waals surface area (Å²) in [5.74, 6) is 0. The third kappa shape index (κ3) is 4.17. The van der Waals surface area contributed by atoms with Gasteiger partial charge in [-0.1, -0.05) is 111 Å². The molecule has 0 saturated carbocycles. The van der Waals surface area contributed by atoms with Gasteiger partial charge in [0.05, 0.1) is 5.52 Å². The molecule has 1 N–H and O–H groups in total. The van der Waals surface area contributed by atoms with Crippen LogP contribution in [0.1, 0.15) is 31.9 Å². The first-order valence-electron chi connectivity index (χ1n) is 17.2. The van der Waals surface area contributed by atoms with Crippen LogP contribution in [0.2, 0.25) is 0 Å². The number of hydrogen-bond donors (Lipinski definition) is 1. The van der Waals surface area contributed by atoms with Crippen LogP contribution >= 0.6 is 0 Å². The van der Waals surface area contributed by atoms with Gasteiger partial charge in [0.15, 0.2) is 7.28 Å². The van der Waals surface area contributed by atoms with Gasteiger partial charge in [-0.05, 0) is 87.7 Å². The predicted molar refractivity (Wildman–Crippen MR) is 211 cm³/mol. The van der Waals surface area contributed by atoms with Crippen LogP contribution in [0.4, 0.5) is 11.4 Å². The van der Waals surface area contributed by atoms with Gasteiger partial charge in [-0.25, -0.2) is 0 Å². The summed E-state index contributed by atoms with van der Waals surface area (Å²) in [6, 6.07) is 46.5. The van der Waals surface area contributed by atoms with Gasteiger partial charge in [-0.3, -0.25) is 0 Å². The molecule has 1 aliphatic rings. The Morgan fingerprint density at radius 2 is 1.41 bits per heavy atom. The summed E-state index contributed by atoms with van der Waals surface area (Å²) < 4.78 is 8.98. The Morgan fingerprint density at radius 1 is 0.653 bits per heavy atom. The Hall–Kier alpha value is -5.74. The molecule has 4 heteroatoms. The minimum absolute atomic E-state index is 0.111. The van der Waals surface area contributed by atoms with E-state index in [2.05, 4.69) is 159 Å². The zero-order chi connectivity index (χ0) is 33.0. The van der Waals surface area contributed by atoms with Crippen molar-refractivity contribution in [2.75, 3.05) is 5.32 Å². The number of rotatable bonds is 3. The third-order valence-corrected chi connectivity index (χ3v) is 10.7. The first kappa shape index (κ1) is 28.3. The van der Waals surface area contributed by atoms with Gasteiger partial charge in [0.25, 0.3) is 0 Å². The van der Waals surface area contributed by atoms with Crippen LogP contribution in [-0.4, -0.2) is 11.8 Å². The summed E-state index contributed by atoms with van der Waals surface area (Å²) in [5.41, 5.74) is 15.7. The number of aryl methyl sites for hydroxylation is 1. The van der Waals surface area contributed by atoms with E-state index in [0.29, 0.717) is 0 Å². The maximum Gasteiger partial charge on any atom is 0.198 e. The average Bonchev–Trinajstić information content (AvgIpc) is 3.66. The summed E-state index contributed by atoms with van der Waals surface area (Å²) in [5, 5.41) is 11.3. The van der Waals surface area contributed by atoms with Gasteiger partial charge in [0.2, 0.25) is 0 Å². The van der Waals surface area contributed by atoms with Gasteiger partial charge in [-0.2, -0.15) is 0 Å². The molecule has 0 bridgehead atoms. The molecule has 9 aromatic rings. The van der Waals surface area contributed by atoms with Crippen LogP contribution in [0, 0.1) is 6.92 Å². The Bertz CT molecular complexity index is 2810. The Morgan fingerprint density at radius 3 is 2.24 bits per heavy atom. The van der Waals surface area contributed by atoms with Crippen molar-refractivity contribution in [2.24, 2.45) is 0 Å². The fourth-order valence-electron chi connectivity index (χ4n) is 8.28. The van der Waals surface area contributed by atoms with Crippen molar-refractivity contribution in [2.45, 2.75) is 33.1 Å². The molecule has 0 amide bonds. The quantitative estimate of drug-likeness (QED) is 0.197. The fourth-order valence-corrected chi connectivity index (χ4v) is 8.28. The number of hydrogen-bond acceptors (Lipinski definition) is 2. The summed E-state index contributed by atoms with van der Waals surface area (Å²) >= 11 is 0. The number of furan rings is 1. The third-order valence-electron chi connectivity index (χ3n) is 10.7. The first-order valence-corrected chi connectivity index (χ1v) is 17.2. The molecule has 0 atom stereocenters. The molecule has 1 aliphatic heterocycles. The average molecular weight is 631 g/mol. The number of anilines is 2. The smallest absolute Gasteiger partial charge is 0.198 e. The molecule has 2 aromatic heterocycles. The van der Waals surface area contributed by atoms with E-state index >= 15 is 0 Å². The molecule has 0 radical (unpaired) electrons. The van der Waals surface area contributed by atoms with Gasteiger partial charge in [-0.15, -0.1) is 0 Å². The van der Waals surface area contributed by atoms with Crippen molar-refractivity contribution in [1.82, 2.24) is 4.57 Å². The van der Waals surface area contributed by atoms with Gasteiger partial charge < -0.3 is 14.3 Å². The second kappa shape index (κ2) is 10.1. The summed E-state index contributed by atoms with van der Waals surface area (Å²) in [6.07, 6.45) is 0. The number of nitrogens with zero attached hydrogens (tertiary/aromatic N) is 1. The summed E-state index contributed by atoms with van der Waals surface area (Å²) in [7, 11) is 0.817. The molecule has 234 valence electrons. The largest absolute Gasteiger partial charge is 0.456 e. The normalized spacial score (nSPS) is 12.7. The lowest BCUT2D eigenvalue weighted by Gasteiger charge is -2.24. The van der Waals surface area contributed by atoms with Crippen molar-refractivity contribution in [3.63, 3.8) is 0 Å². The van der Waals surface area contributed by atoms with Crippen LogP contribution in [0.15, 0.2) is 132 Å². The zero-order valence-corrected chi connectivity index (χ0v) is 28.2. The molecule has 0 unspecified atom stereocenters. The van der Waals surface area contributed by atoms with E-state index in [1.807, 2.05) is 6.07 Å². The van der Waals surface area contributed by atoms with E-state index < -0.39 is 0 Å². The maximum absolute atomic E-state index is 6.44. The van der Waals surface area contributed by atoms with Gasteiger partial charge >= 0.3 is 0 Å². The highest BCUT2D eigenvalue weighted by atomic mass is 16.3. The van der Waals surface area contributed by atoms with Crippen molar-refractivity contribution < 1.29 is 4.42 Å². The number of fused-ring (bicyclic) bond motifs is 10. The van der Waals surface area contributed by atoms with Crippen LogP contribution in [0.3, 0.4) is 0 Å². The summed E-state index contributed by atoms with van der Waals surface area (Å²) in [4.78, 5) is 0. The van der Waals surface area contributed by atoms with Crippen LogP contribution in [0.25, 0.3) is 71.3 Å². The Kier molecular flexibility index (Phi) is 5.85. The molecule has 0 aliphatic carbocycles. The number of nitrogens with one attached hydrogen (secondary N) is 1. The standard InChI is InChI=1S/C45H35BN2O/c1-26-23-34(31-13-7-9-15-36(31)47-29-20-18-28(19-21-29)45(2,3)4)43-44-41(26)42-30-12-6-5-11-27(30)17-22-37(42)48(44)38-24-33-32-14-8-10-16-39(32)49-40(33)25-35(38)46-43/h5-25,46-47H,1-4H3. The lowest BCUT2D eigenvalue weighted by Crippen LogP contribution is -2.37. The van der Waals surface area contributed by atoms with Crippen molar-refractivity contribution in [1.29, 1.82) is 0 Å². The van der Waals surface area contributed by atoms with Crippen molar-refractivity contribution in [3.05, 3.63) is 139 Å². The highest BCUT2D eigenvalue weighted by Gasteiger charge is 2.29. The van der Waals surface area contributed by atoms with E-state index in [1.54, 1.807) is 0 Å². The SMILES string of the molecule is Cc1cc(-c2ccccc2Nc2ccc(C(C)(C)C)cc2)c2c3c1c1c4ccccc4ccc1n3-c1cc3c(cc1B2)oc1ccccc13. The van der Waals surface area contributed by atoms with E-state index in [0.717, 1.165) is 40.6 Å². The lowest BCUT2D eigenvalue weighted by atomic mass is 9.58. The monoisotopic (exact) mass is 630 g/mol. The highest BCUT2D eigenvalue weighted by molar-refractivity contribution is 6.74. The van der Waals surface area contributed by atoms with Crippen molar-refractivity contribution >= 4 is 84.1 Å². The molecule has 49 heavy (non-hydrogen) atoms. The first-order chi connectivity index (χ1) is 23.8. The number of para-hydroxylation sites is 2. The van der Waals surface area contributed by atoms with Gasteiger partial charge in [0.1, 0.15) is 11.2 Å². The topological polar surface area (TPSA) is 30.1 Å². The van der Waals surface area contributed by atoms with Crippen LogP contribution in [-0.2, 0) is 5.41 Å². The summed E-state index contributed by atoms with van der Waals surface area (Å²) in [6.45, 7) is 9.06. The second-order valence-electron chi connectivity index (χ2n) is 14.7. The molecular weight excluding hydrogens is 595 g/mol. The molecule has 0 fully saturated rings. The van der Waals surface area contributed by atoms with E-state index in [-0.39, 0.29) is 5.41 Å². The molecular formula is C45H35BN2O. The Labute approximate surface area is 286 Å². The zero-order valence-electron chi connectivity index (χ0n) is 28.2. The predicted octanol–water partition coefficient (Wildman–Crippen LogP) is 10.6. The maximum atomic E-state index is 6.44. The fraction of sp³-hybridized carbons (Fsp3) is 0.111. The number of benzene rings is 7. The molecule has 3 nitrogen and oxygen atoms in total. The molecule has 0 saturated heterocycles. The number of aromatic nitrogens is 1. The van der Waals surface area contributed by atoms with E-state index in [9.17, 15) is 0 Å². The lowest BCUT2D eigenvalue weighted by molar-refractivity contribution is 0.590. The highest BCUT2D eigenvalue weighted by Crippen LogP contribution is 2.42. The van der Waals surface area contributed by atoms with E-state index in [1.165, 1.54) is 71.4 Å². The van der Waals surface area contributed by atoms with Crippen LogP contribution < -0.4 is 16.2 Å². The second-order valence-corrected chi connectivity index (χ2v) is 14.7. The van der Waals surface area contributed by atoms with Crippen LogP contribution in [0.5, 0.6) is 0 Å². The molecule has 10 rings (SSSR count). The molecule has 3 heterocycles. The van der Waals surface area contributed by atoms with E-state index in [4.69, 9.17) is 4.42 Å². The van der Waals surface area contributed by atoms with Gasteiger partial charge in [0, 0.05) is 49.7 Å². The molecule has 0 spiro atoms. The molecule has 7 aromatic carbocycles. The minimum Gasteiger partial charge on any atom is -0.456 e. The minimum atomic E-state index is 0.111. The van der Waals surface area contributed by atoms with Crippen molar-refractivity contribution in [3.8, 4) is 16.8 Å².